The van der Waals surface area contributed by atoms with E-state index in [1.165, 1.54) is 12.1 Å². The van der Waals surface area contributed by atoms with Crippen molar-refractivity contribution in [1.29, 1.82) is 0 Å². The second kappa shape index (κ2) is 6.16. The molecule has 0 fully saturated rings. The van der Waals surface area contributed by atoms with Gasteiger partial charge in [-0.1, -0.05) is 35.3 Å². The summed E-state index contributed by atoms with van der Waals surface area (Å²) in [6.45, 7) is 0. The zero-order chi connectivity index (χ0) is 18.4. The van der Waals surface area contributed by atoms with Crippen LogP contribution >= 0.6 is 23.2 Å². The Morgan fingerprint density at radius 2 is 1.92 bits per heavy atom. The number of aromatic amines is 1. The van der Waals surface area contributed by atoms with Crippen LogP contribution in [-0.2, 0) is 7.05 Å². The lowest BCUT2D eigenvalue weighted by molar-refractivity contribution is -0.384. The molecule has 0 unspecified atom stereocenters. The summed E-state index contributed by atoms with van der Waals surface area (Å²) in [7, 11) is 1.84. The molecule has 26 heavy (non-hydrogen) atoms. The summed E-state index contributed by atoms with van der Waals surface area (Å²) in [4.78, 5) is 18.6. The van der Waals surface area contributed by atoms with Gasteiger partial charge in [0.2, 0.25) is 0 Å². The average molecular weight is 387 g/mol. The first-order valence-corrected chi connectivity index (χ1v) is 8.43. The maximum Gasteiger partial charge on any atom is 0.270 e. The highest BCUT2D eigenvalue weighted by atomic mass is 35.5. The van der Waals surface area contributed by atoms with Crippen LogP contribution in [0.1, 0.15) is 0 Å². The van der Waals surface area contributed by atoms with Crippen molar-refractivity contribution in [2.24, 2.45) is 7.05 Å². The van der Waals surface area contributed by atoms with Crippen molar-refractivity contribution in [2.45, 2.75) is 0 Å². The minimum Gasteiger partial charge on any atom is -0.353 e. The first kappa shape index (κ1) is 16.6. The number of halogens is 2. The van der Waals surface area contributed by atoms with Gasteiger partial charge in [0.1, 0.15) is 0 Å². The van der Waals surface area contributed by atoms with Crippen molar-refractivity contribution >= 4 is 39.8 Å². The van der Waals surface area contributed by atoms with Crippen LogP contribution in [0, 0.1) is 10.1 Å². The van der Waals surface area contributed by atoms with Gasteiger partial charge >= 0.3 is 0 Å². The number of H-pyrrole nitrogens is 1. The van der Waals surface area contributed by atoms with Crippen molar-refractivity contribution in [1.82, 2.24) is 14.5 Å². The molecule has 1 N–H and O–H groups in total. The molecule has 0 spiro atoms. The highest BCUT2D eigenvalue weighted by Crippen LogP contribution is 2.40. The zero-order valence-corrected chi connectivity index (χ0v) is 15.0. The lowest BCUT2D eigenvalue weighted by Gasteiger charge is -2.01. The summed E-state index contributed by atoms with van der Waals surface area (Å²) in [5.74, 6) is 0. The molecule has 0 radical (unpaired) electrons. The Bertz CT molecular complexity index is 1150. The van der Waals surface area contributed by atoms with Crippen LogP contribution in [0.3, 0.4) is 0 Å². The molecule has 6 nitrogen and oxygen atoms in total. The molecule has 2 heterocycles. The number of fused-ring (bicyclic) bond motifs is 1. The van der Waals surface area contributed by atoms with Crippen LogP contribution in [0.2, 0.25) is 10.0 Å². The minimum atomic E-state index is -0.433. The van der Waals surface area contributed by atoms with E-state index in [0.29, 0.717) is 37.9 Å². The van der Waals surface area contributed by atoms with E-state index in [1.807, 2.05) is 19.2 Å². The third kappa shape index (κ3) is 2.73. The number of hydrogen-bond donors (Lipinski definition) is 1. The summed E-state index contributed by atoms with van der Waals surface area (Å²) in [6.07, 6.45) is 3.44. The van der Waals surface area contributed by atoms with Crippen LogP contribution in [0.5, 0.6) is 0 Å². The first-order valence-electron chi connectivity index (χ1n) is 7.68. The number of aromatic nitrogens is 3. The van der Waals surface area contributed by atoms with Crippen LogP contribution in [0.4, 0.5) is 5.69 Å². The number of hydrogen-bond acceptors (Lipinski definition) is 3. The molecule has 4 rings (SSSR count). The van der Waals surface area contributed by atoms with Crippen LogP contribution in [-0.4, -0.2) is 19.5 Å². The predicted octanol–water partition coefficient (Wildman–Crippen LogP) is 5.45. The Morgan fingerprint density at radius 3 is 2.54 bits per heavy atom. The van der Waals surface area contributed by atoms with Crippen LogP contribution < -0.4 is 0 Å². The third-order valence-electron chi connectivity index (χ3n) is 4.15. The number of aryl methyl sites for hydroxylation is 1. The summed E-state index contributed by atoms with van der Waals surface area (Å²) in [5.41, 5.74) is 3.42. The predicted molar refractivity (Wildman–Crippen MR) is 103 cm³/mol. The van der Waals surface area contributed by atoms with Gasteiger partial charge in [0, 0.05) is 41.3 Å². The highest BCUT2D eigenvalue weighted by molar-refractivity contribution is 6.39. The van der Waals surface area contributed by atoms with Crippen LogP contribution in [0.15, 0.2) is 48.9 Å². The number of rotatable bonds is 3. The van der Waals surface area contributed by atoms with Crippen molar-refractivity contribution in [3.8, 4) is 22.5 Å². The van der Waals surface area contributed by atoms with E-state index in [-0.39, 0.29) is 5.69 Å². The fourth-order valence-electron chi connectivity index (χ4n) is 2.92. The lowest BCUT2D eigenvalue weighted by Crippen LogP contribution is -1.90. The lowest BCUT2D eigenvalue weighted by atomic mass is 10.1. The normalized spacial score (nSPS) is 11.2. The fraction of sp³-hybridized carbons (Fsp3) is 0.0556. The maximum absolute atomic E-state index is 11.4. The average Bonchev–Trinajstić information content (AvgIpc) is 3.19. The van der Waals surface area contributed by atoms with E-state index in [1.54, 1.807) is 29.2 Å². The van der Waals surface area contributed by atoms with Crippen molar-refractivity contribution < 1.29 is 4.92 Å². The van der Waals surface area contributed by atoms with Gasteiger partial charge in [-0.05, 0) is 17.7 Å². The Hall–Kier alpha value is -2.83. The molecule has 130 valence electrons. The van der Waals surface area contributed by atoms with Gasteiger partial charge < -0.3 is 9.55 Å². The van der Waals surface area contributed by atoms with Gasteiger partial charge in [-0.25, -0.2) is 4.98 Å². The number of nitro benzene ring substituents is 1. The maximum atomic E-state index is 11.4. The van der Waals surface area contributed by atoms with Crippen molar-refractivity contribution in [3.05, 3.63) is 69.1 Å². The molecule has 0 atom stereocenters. The Morgan fingerprint density at radius 1 is 1.19 bits per heavy atom. The van der Waals surface area contributed by atoms with E-state index >= 15 is 0 Å². The van der Waals surface area contributed by atoms with Gasteiger partial charge in [-0.2, -0.15) is 0 Å². The quantitative estimate of drug-likeness (QED) is 0.375. The van der Waals surface area contributed by atoms with E-state index < -0.39 is 4.92 Å². The number of nitrogens with one attached hydrogen (secondary N) is 1. The minimum absolute atomic E-state index is 0.0401. The first-order chi connectivity index (χ1) is 12.4. The van der Waals surface area contributed by atoms with Gasteiger partial charge in [0.05, 0.1) is 33.2 Å². The number of nitro groups is 1. The Labute approximate surface area is 158 Å². The van der Waals surface area contributed by atoms with Crippen LogP contribution in [0.25, 0.3) is 33.4 Å². The molecular formula is C18H12Cl2N4O2. The molecule has 0 saturated heterocycles. The molecule has 0 amide bonds. The standard InChI is InChI=1S/C18H12Cl2N4O2/c1-23-8-15(21-9-23)13-6-12(24(25)26)7-14-16(20)17(22-18(13)14)10-2-4-11(19)5-3-10/h2-9,22H,1H3. The van der Waals surface area contributed by atoms with Gasteiger partial charge in [0.15, 0.2) is 0 Å². The van der Waals surface area contributed by atoms with Crippen molar-refractivity contribution in [3.63, 3.8) is 0 Å². The largest absolute Gasteiger partial charge is 0.353 e. The molecule has 0 saturated carbocycles. The monoisotopic (exact) mass is 386 g/mol. The number of benzene rings is 2. The summed E-state index contributed by atoms with van der Waals surface area (Å²) in [5, 5.41) is 13.0. The zero-order valence-electron chi connectivity index (χ0n) is 13.5. The third-order valence-corrected chi connectivity index (χ3v) is 4.80. The summed E-state index contributed by atoms with van der Waals surface area (Å²) in [6, 6.07) is 10.2. The molecule has 0 aliphatic rings. The Balaban J connectivity index is 2.02. The van der Waals surface area contributed by atoms with Crippen molar-refractivity contribution in [2.75, 3.05) is 0 Å². The van der Waals surface area contributed by atoms with Gasteiger partial charge in [-0.15, -0.1) is 0 Å². The van der Waals surface area contributed by atoms with E-state index in [4.69, 9.17) is 23.2 Å². The fourth-order valence-corrected chi connectivity index (χ4v) is 3.36. The van der Waals surface area contributed by atoms with E-state index in [9.17, 15) is 10.1 Å². The molecule has 2 aromatic carbocycles. The summed E-state index contributed by atoms with van der Waals surface area (Å²) < 4.78 is 1.78. The van der Waals surface area contributed by atoms with E-state index in [0.717, 1.165) is 5.56 Å². The molecule has 0 aliphatic heterocycles. The summed E-state index contributed by atoms with van der Waals surface area (Å²) >= 11 is 12.5. The second-order valence-electron chi connectivity index (χ2n) is 5.92. The van der Waals surface area contributed by atoms with Gasteiger partial charge in [-0.3, -0.25) is 10.1 Å². The molecular weight excluding hydrogens is 375 g/mol. The molecule has 4 aromatic rings. The second-order valence-corrected chi connectivity index (χ2v) is 6.73. The topological polar surface area (TPSA) is 76.8 Å². The van der Waals surface area contributed by atoms with Gasteiger partial charge in [0.25, 0.3) is 5.69 Å². The molecule has 8 heteroatoms. The number of imidazole rings is 1. The number of non-ortho nitro benzene ring substituents is 1. The van der Waals surface area contributed by atoms with E-state index in [2.05, 4.69) is 9.97 Å². The SMILES string of the molecule is Cn1cnc(-c2cc([N+](=O)[O-])cc3c(Cl)c(-c4ccc(Cl)cc4)[nH]c23)c1. The highest BCUT2D eigenvalue weighted by Gasteiger charge is 2.20. The Kier molecular flexibility index (Phi) is 3.94. The smallest absolute Gasteiger partial charge is 0.270 e. The molecule has 2 aromatic heterocycles. The molecule has 0 bridgehead atoms. The molecule has 0 aliphatic carbocycles. The number of nitrogens with zero attached hydrogens (tertiary/aromatic N) is 3.